The number of fused-ring (bicyclic) bond motifs is 1. The number of hydrogen-bond donors (Lipinski definition) is 3. The summed E-state index contributed by atoms with van der Waals surface area (Å²) in [6.45, 7) is 5.19. The number of rotatable bonds is 5. The van der Waals surface area contributed by atoms with E-state index in [1.54, 1.807) is 12.1 Å². The Labute approximate surface area is 163 Å². The molecule has 28 heavy (non-hydrogen) atoms. The molecule has 3 N–H and O–H groups in total. The van der Waals surface area contributed by atoms with Crippen molar-refractivity contribution in [3.05, 3.63) is 71.2 Å². The minimum Gasteiger partial charge on any atom is -0.343 e. The van der Waals surface area contributed by atoms with E-state index in [1.807, 2.05) is 0 Å². The Hall–Kier alpha value is -2.70. The van der Waals surface area contributed by atoms with Crippen LogP contribution in [0.1, 0.15) is 36.2 Å². The van der Waals surface area contributed by atoms with Crippen LogP contribution in [0.2, 0.25) is 0 Å². The number of nitrogens with zero attached hydrogens (tertiary/aromatic N) is 1. The minimum absolute atomic E-state index is 0.104. The number of hydrogen-bond acceptors (Lipinski definition) is 3. The molecule has 1 aliphatic heterocycles. The molecule has 0 saturated carbocycles. The average molecular weight is 380 g/mol. The smallest absolute Gasteiger partial charge is 0.225 e. The van der Waals surface area contributed by atoms with E-state index in [-0.39, 0.29) is 30.4 Å². The van der Waals surface area contributed by atoms with Gasteiger partial charge in [0.2, 0.25) is 5.91 Å². The van der Waals surface area contributed by atoms with Crippen molar-refractivity contribution in [2.24, 2.45) is 0 Å². The van der Waals surface area contributed by atoms with Gasteiger partial charge in [-0.15, -0.1) is 0 Å². The molecule has 1 aliphatic rings. The monoisotopic (exact) mass is 380 g/mol. The SMILES string of the molecule is CCn1c(C2CC(NC(=O)Cc3cccc(F)c3)NN2)c(C)c2ccccc21. The fourth-order valence-corrected chi connectivity index (χ4v) is 4.19. The second-order valence-corrected chi connectivity index (χ2v) is 7.28. The lowest BCUT2D eigenvalue weighted by molar-refractivity contribution is -0.121. The average Bonchev–Trinajstić information content (AvgIpc) is 3.24. The fraction of sp³-hybridized carbons (Fsp3) is 0.318. The van der Waals surface area contributed by atoms with E-state index < -0.39 is 0 Å². The van der Waals surface area contributed by atoms with Gasteiger partial charge in [0.05, 0.1) is 18.6 Å². The number of carbonyl (C=O) groups is 1. The quantitative estimate of drug-likeness (QED) is 0.636. The summed E-state index contributed by atoms with van der Waals surface area (Å²) >= 11 is 0. The number of aromatic nitrogens is 1. The first-order valence-electron chi connectivity index (χ1n) is 9.69. The molecule has 0 aliphatic carbocycles. The fourth-order valence-electron chi connectivity index (χ4n) is 4.19. The van der Waals surface area contributed by atoms with Crippen LogP contribution in [0.15, 0.2) is 48.5 Å². The lowest BCUT2D eigenvalue weighted by Crippen LogP contribution is -2.44. The highest BCUT2D eigenvalue weighted by atomic mass is 19.1. The number of aryl methyl sites for hydroxylation is 2. The van der Waals surface area contributed by atoms with Crippen LogP contribution >= 0.6 is 0 Å². The largest absolute Gasteiger partial charge is 0.343 e. The molecule has 2 heterocycles. The summed E-state index contributed by atoms with van der Waals surface area (Å²) in [4.78, 5) is 12.3. The first-order valence-corrected chi connectivity index (χ1v) is 9.69. The van der Waals surface area contributed by atoms with Crippen molar-refractivity contribution in [3.63, 3.8) is 0 Å². The molecule has 1 saturated heterocycles. The van der Waals surface area contributed by atoms with E-state index in [0.29, 0.717) is 5.56 Å². The van der Waals surface area contributed by atoms with Crippen molar-refractivity contribution in [1.82, 2.24) is 20.7 Å². The Morgan fingerprint density at radius 2 is 2.04 bits per heavy atom. The predicted octanol–water partition coefficient (Wildman–Crippen LogP) is 3.33. The molecule has 3 aromatic rings. The molecule has 2 atom stereocenters. The minimum atomic E-state index is -0.325. The van der Waals surface area contributed by atoms with Gasteiger partial charge in [-0.2, -0.15) is 0 Å². The maximum atomic E-state index is 13.3. The number of para-hydroxylation sites is 1. The molecule has 2 aromatic carbocycles. The van der Waals surface area contributed by atoms with Crippen LogP contribution in [0.25, 0.3) is 10.9 Å². The molecule has 2 unspecified atom stereocenters. The molecule has 1 fully saturated rings. The zero-order valence-electron chi connectivity index (χ0n) is 16.1. The van der Waals surface area contributed by atoms with Crippen LogP contribution in [0.3, 0.4) is 0 Å². The van der Waals surface area contributed by atoms with Gasteiger partial charge in [-0.1, -0.05) is 30.3 Å². The summed E-state index contributed by atoms with van der Waals surface area (Å²) in [5.41, 5.74) is 10.9. The Bertz CT molecular complexity index is 1010. The van der Waals surface area contributed by atoms with Gasteiger partial charge in [-0.25, -0.2) is 15.2 Å². The summed E-state index contributed by atoms with van der Waals surface area (Å²) in [5.74, 6) is -0.452. The van der Waals surface area contributed by atoms with Crippen LogP contribution in [-0.4, -0.2) is 16.6 Å². The third-order valence-corrected chi connectivity index (χ3v) is 5.41. The number of carbonyl (C=O) groups excluding carboxylic acids is 1. The van der Waals surface area contributed by atoms with E-state index >= 15 is 0 Å². The summed E-state index contributed by atoms with van der Waals surface area (Å²) < 4.78 is 15.6. The van der Waals surface area contributed by atoms with Gasteiger partial charge in [-0.05, 0) is 43.2 Å². The van der Waals surface area contributed by atoms with Crippen molar-refractivity contribution >= 4 is 16.8 Å². The van der Waals surface area contributed by atoms with Gasteiger partial charge in [0.25, 0.3) is 0 Å². The van der Waals surface area contributed by atoms with Crippen LogP contribution < -0.4 is 16.2 Å². The topological polar surface area (TPSA) is 58.1 Å². The second-order valence-electron chi connectivity index (χ2n) is 7.28. The molecular weight excluding hydrogens is 355 g/mol. The van der Waals surface area contributed by atoms with Gasteiger partial charge >= 0.3 is 0 Å². The number of halogens is 1. The molecular formula is C22H25FN4O. The van der Waals surface area contributed by atoms with Crippen molar-refractivity contribution in [2.75, 3.05) is 0 Å². The predicted molar refractivity (Wildman–Crippen MR) is 108 cm³/mol. The lowest BCUT2D eigenvalue weighted by atomic mass is 10.1. The van der Waals surface area contributed by atoms with Gasteiger partial charge in [-0.3, -0.25) is 4.79 Å². The van der Waals surface area contributed by atoms with Crippen LogP contribution in [0.4, 0.5) is 4.39 Å². The van der Waals surface area contributed by atoms with Crippen molar-refractivity contribution < 1.29 is 9.18 Å². The maximum Gasteiger partial charge on any atom is 0.225 e. The number of benzene rings is 2. The van der Waals surface area contributed by atoms with Gasteiger partial charge in [0, 0.05) is 29.6 Å². The summed E-state index contributed by atoms with van der Waals surface area (Å²) in [6.07, 6.45) is 0.731. The van der Waals surface area contributed by atoms with Gasteiger partial charge < -0.3 is 9.88 Å². The maximum absolute atomic E-state index is 13.3. The Balaban J connectivity index is 1.47. The van der Waals surface area contributed by atoms with Crippen molar-refractivity contribution in [2.45, 2.75) is 45.4 Å². The molecule has 6 heteroatoms. The number of amides is 1. The normalized spacial score (nSPS) is 19.2. The standard InChI is InChI=1S/C22H25FN4O/c1-3-27-19-10-5-4-9-17(19)14(2)22(27)18-13-20(26-25-18)24-21(28)12-15-7-6-8-16(23)11-15/h4-11,18,20,25-26H,3,12-13H2,1-2H3,(H,24,28). The molecule has 0 spiro atoms. The third kappa shape index (κ3) is 3.53. The zero-order chi connectivity index (χ0) is 19.7. The molecule has 1 amide bonds. The summed E-state index contributed by atoms with van der Waals surface area (Å²) in [6, 6.07) is 14.7. The summed E-state index contributed by atoms with van der Waals surface area (Å²) in [7, 11) is 0. The van der Waals surface area contributed by atoms with Crippen molar-refractivity contribution in [1.29, 1.82) is 0 Å². The van der Waals surface area contributed by atoms with Crippen LogP contribution in [0, 0.1) is 12.7 Å². The highest BCUT2D eigenvalue weighted by Gasteiger charge is 2.30. The lowest BCUT2D eigenvalue weighted by Gasteiger charge is -2.15. The van der Waals surface area contributed by atoms with E-state index in [2.05, 4.69) is 58.8 Å². The highest BCUT2D eigenvalue weighted by molar-refractivity contribution is 5.85. The zero-order valence-corrected chi connectivity index (χ0v) is 16.1. The molecule has 146 valence electrons. The van der Waals surface area contributed by atoms with E-state index in [0.717, 1.165) is 13.0 Å². The third-order valence-electron chi connectivity index (χ3n) is 5.41. The van der Waals surface area contributed by atoms with E-state index in [9.17, 15) is 9.18 Å². The first kappa shape index (κ1) is 18.7. The second kappa shape index (κ2) is 7.73. The van der Waals surface area contributed by atoms with E-state index in [4.69, 9.17) is 0 Å². The number of nitrogens with one attached hydrogen (secondary N) is 3. The van der Waals surface area contributed by atoms with Crippen LogP contribution in [0.5, 0.6) is 0 Å². The Morgan fingerprint density at radius 1 is 1.21 bits per heavy atom. The Morgan fingerprint density at radius 3 is 2.82 bits per heavy atom. The molecule has 1 aromatic heterocycles. The number of hydrazine groups is 1. The van der Waals surface area contributed by atoms with E-state index in [1.165, 1.54) is 34.3 Å². The first-order chi connectivity index (χ1) is 13.6. The van der Waals surface area contributed by atoms with Gasteiger partial charge in [0.1, 0.15) is 5.82 Å². The summed E-state index contributed by atoms with van der Waals surface area (Å²) in [5, 5.41) is 4.26. The highest BCUT2D eigenvalue weighted by Crippen LogP contribution is 2.32. The Kier molecular flexibility index (Phi) is 5.15. The molecule has 0 bridgehead atoms. The molecule has 0 radical (unpaired) electrons. The molecule has 5 nitrogen and oxygen atoms in total. The van der Waals surface area contributed by atoms with Gasteiger partial charge in [0.15, 0.2) is 0 Å². The van der Waals surface area contributed by atoms with Crippen LogP contribution in [-0.2, 0) is 17.8 Å². The van der Waals surface area contributed by atoms with Crippen molar-refractivity contribution in [3.8, 4) is 0 Å². The molecule has 4 rings (SSSR count).